The smallest absolute Gasteiger partial charge is 0.277 e. The number of para-hydroxylation sites is 1. The van der Waals surface area contributed by atoms with Crippen molar-refractivity contribution in [1.82, 2.24) is 4.98 Å². The summed E-state index contributed by atoms with van der Waals surface area (Å²) in [5.41, 5.74) is 4.50. The summed E-state index contributed by atoms with van der Waals surface area (Å²) in [7, 11) is 0. The summed E-state index contributed by atoms with van der Waals surface area (Å²) in [5, 5.41) is 1.80. The Balaban J connectivity index is 2.01. The van der Waals surface area contributed by atoms with E-state index in [4.69, 9.17) is 0 Å². The highest BCUT2D eigenvalue weighted by Crippen LogP contribution is 2.32. The van der Waals surface area contributed by atoms with E-state index < -0.39 is 0 Å². The van der Waals surface area contributed by atoms with Gasteiger partial charge in [-0.2, -0.15) is 0 Å². The minimum atomic E-state index is 0.00343. The zero-order chi connectivity index (χ0) is 11.8. The van der Waals surface area contributed by atoms with Gasteiger partial charge in [0.2, 0.25) is 0 Å². The lowest BCUT2D eigenvalue weighted by atomic mass is 10.1. The molecule has 1 aliphatic heterocycles. The van der Waals surface area contributed by atoms with Crippen molar-refractivity contribution >= 4 is 22.9 Å². The third-order valence-corrected chi connectivity index (χ3v) is 3.66. The van der Waals surface area contributed by atoms with E-state index in [2.05, 4.69) is 18.0 Å². The molecule has 2 aromatic rings. The Morgan fingerprint density at radius 1 is 1.47 bits per heavy atom. The molecule has 1 atom stereocenters. The Hall–Kier alpha value is -1.68. The molecule has 3 nitrogen and oxygen atoms in total. The van der Waals surface area contributed by atoms with Crippen molar-refractivity contribution in [1.29, 1.82) is 0 Å². The monoisotopic (exact) mass is 244 g/mol. The van der Waals surface area contributed by atoms with Crippen molar-refractivity contribution < 1.29 is 4.79 Å². The molecule has 0 saturated carbocycles. The van der Waals surface area contributed by atoms with Crippen LogP contribution in [0.3, 0.4) is 0 Å². The molecule has 4 heteroatoms. The second-order valence-corrected chi connectivity index (χ2v) is 4.95. The maximum atomic E-state index is 12.4. The number of nitrogens with zero attached hydrogens (tertiary/aromatic N) is 2. The number of carbonyl (C=O) groups excluding carboxylic acids is 1. The number of hydrogen-bond acceptors (Lipinski definition) is 3. The van der Waals surface area contributed by atoms with Gasteiger partial charge in [-0.1, -0.05) is 18.2 Å². The van der Waals surface area contributed by atoms with Crippen molar-refractivity contribution in [2.24, 2.45) is 0 Å². The summed E-state index contributed by atoms with van der Waals surface area (Å²) < 4.78 is 0. The van der Waals surface area contributed by atoms with E-state index in [9.17, 15) is 4.79 Å². The SMILES string of the molecule is CC1Cc2ccccc2N1C(=O)c1cscn1. The number of amides is 1. The molecule has 86 valence electrons. The van der Waals surface area contributed by atoms with Crippen molar-refractivity contribution in [2.45, 2.75) is 19.4 Å². The van der Waals surface area contributed by atoms with Gasteiger partial charge in [-0.3, -0.25) is 4.79 Å². The maximum Gasteiger partial charge on any atom is 0.277 e. The summed E-state index contributed by atoms with van der Waals surface area (Å²) in [6, 6.07) is 8.28. The van der Waals surface area contributed by atoms with E-state index in [-0.39, 0.29) is 11.9 Å². The Labute approximate surface area is 104 Å². The fourth-order valence-electron chi connectivity index (χ4n) is 2.32. The van der Waals surface area contributed by atoms with Crippen LogP contribution in [-0.4, -0.2) is 16.9 Å². The average Bonchev–Trinajstić information content (AvgIpc) is 2.94. The van der Waals surface area contributed by atoms with E-state index in [1.54, 1.807) is 10.9 Å². The van der Waals surface area contributed by atoms with Crippen LogP contribution in [0.2, 0.25) is 0 Å². The number of anilines is 1. The molecular formula is C13H12N2OS. The third-order valence-electron chi connectivity index (χ3n) is 3.08. The van der Waals surface area contributed by atoms with Crippen LogP contribution in [0, 0.1) is 0 Å². The van der Waals surface area contributed by atoms with Crippen LogP contribution in [0.1, 0.15) is 23.0 Å². The molecule has 1 aromatic carbocycles. The van der Waals surface area contributed by atoms with Gasteiger partial charge in [0.15, 0.2) is 0 Å². The number of thiazole rings is 1. The highest BCUT2D eigenvalue weighted by atomic mass is 32.1. The molecule has 0 radical (unpaired) electrons. The highest BCUT2D eigenvalue weighted by Gasteiger charge is 2.31. The van der Waals surface area contributed by atoms with E-state index in [0.717, 1.165) is 12.1 Å². The van der Waals surface area contributed by atoms with Gasteiger partial charge < -0.3 is 4.90 Å². The molecule has 1 amide bonds. The largest absolute Gasteiger partial charge is 0.304 e. The fourth-order valence-corrected chi connectivity index (χ4v) is 2.84. The molecule has 0 aliphatic carbocycles. The zero-order valence-corrected chi connectivity index (χ0v) is 10.3. The quantitative estimate of drug-likeness (QED) is 0.772. The number of aromatic nitrogens is 1. The second-order valence-electron chi connectivity index (χ2n) is 4.23. The molecule has 3 rings (SSSR count). The Bertz CT molecular complexity index is 550. The van der Waals surface area contributed by atoms with Gasteiger partial charge in [0, 0.05) is 17.1 Å². The van der Waals surface area contributed by atoms with Gasteiger partial charge in [-0.05, 0) is 25.0 Å². The summed E-state index contributed by atoms with van der Waals surface area (Å²) in [6.07, 6.45) is 0.923. The van der Waals surface area contributed by atoms with Crippen LogP contribution >= 0.6 is 11.3 Å². The van der Waals surface area contributed by atoms with E-state index in [1.807, 2.05) is 23.1 Å². The minimum Gasteiger partial charge on any atom is -0.304 e. The Morgan fingerprint density at radius 2 is 2.29 bits per heavy atom. The van der Waals surface area contributed by atoms with Gasteiger partial charge in [-0.25, -0.2) is 4.98 Å². The molecule has 0 spiro atoms. The van der Waals surface area contributed by atoms with Crippen LogP contribution in [0.15, 0.2) is 35.2 Å². The van der Waals surface area contributed by atoms with E-state index in [0.29, 0.717) is 5.69 Å². The van der Waals surface area contributed by atoms with Crippen LogP contribution in [0.4, 0.5) is 5.69 Å². The van der Waals surface area contributed by atoms with Crippen molar-refractivity contribution in [2.75, 3.05) is 4.90 Å². The predicted octanol–water partition coefficient (Wildman–Crippen LogP) is 2.73. The summed E-state index contributed by atoms with van der Waals surface area (Å²) in [6.45, 7) is 2.07. The molecule has 0 N–H and O–H groups in total. The lowest BCUT2D eigenvalue weighted by Gasteiger charge is -2.21. The number of fused-ring (bicyclic) bond motifs is 1. The minimum absolute atomic E-state index is 0.00343. The first-order chi connectivity index (χ1) is 8.27. The number of benzene rings is 1. The summed E-state index contributed by atoms with van der Waals surface area (Å²) in [5.74, 6) is 0.00343. The van der Waals surface area contributed by atoms with E-state index in [1.165, 1.54) is 16.9 Å². The molecule has 1 aromatic heterocycles. The molecule has 2 heterocycles. The van der Waals surface area contributed by atoms with E-state index >= 15 is 0 Å². The first-order valence-corrected chi connectivity index (χ1v) is 6.51. The fraction of sp³-hybridized carbons (Fsp3) is 0.231. The third kappa shape index (κ3) is 1.65. The maximum absolute atomic E-state index is 12.4. The lowest BCUT2D eigenvalue weighted by Crippen LogP contribution is -2.35. The van der Waals surface area contributed by atoms with Crippen LogP contribution in [0.25, 0.3) is 0 Å². The molecule has 1 aliphatic rings. The van der Waals surface area contributed by atoms with Gasteiger partial charge in [0.05, 0.1) is 5.51 Å². The normalized spacial score (nSPS) is 18.2. The Kier molecular flexibility index (Phi) is 2.44. The van der Waals surface area contributed by atoms with Gasteiger partial charge >= 0.3 is 0 Å². The molecular weight excluding hydrogens is 232 g/mol. The first kappa shape index (κ1) is 10.5. The topological polar surface area (TPSA) is 33.2 Å². The molecule has 17 heavy (non-hydrogen) atoms. The van der Waals surface area contributed by atoms with Crippen molar-refractivity contribution in [3.05, 3.63) is 46.4 Å². The van der Waals surface area contributed by atoms with Crippen LogP contribution in [-0.2, 0) is 6.42 Å². The second kappa shape index (κ2) is 3.96. The summed E-state index contributed by atoms with van der Waals surface area (Å²) in [4.78, 5) is 18.3. The molecule has 1 unspecified atom stereocenters. The molecule has 0 bridgehead atoms. The van der Waals surface area contributed by atoms with Crippen molar-refractivity contribution in [3.8, 4) is 0 Å². The number of carbonyl (C=O) groups is 1. The van der Waals surface area contributed by atoms with Crippen molar-refractivity contribution in [3.63, 3.8) is 0 Å². The molecule has 0 saturated heterocycles. The van der Waals surface area contributed by atoms with Gasteiger partial charge in [0.1, 0.15) is 5.69 Å². The number of rotatable bonds is 1. The van der Waals surface area contributed by atoms with Gasteiger partial charge in [0.25, 0.3) is 5.91 Å². The molecule has 0 fully saturated rings. The van der Waals surface area contributed by atoms with Crippen LogP contribution < -0.4 is 4.90 Å². The average molecular weight is 244 g/mol. The Morgan fingerprint density at radius 3 is 3.06 bits per heavy atom. The predicted molar refractivity (Wildman–Crippen MR) is 68.5 cm³/mol. The number of hydrogen-bond donors (Lipinski definition) is 0. The summed E-state index contributed by atoms with van der Waals surface area (Å²) >= 11 is 1.45. The highest BCUT2D eigenvalue weighted by molar-refractivity contribution is 7.07. The first-order valence-electron chi connectivity index (χ1n) is 5.57. The standard InChI is InChI=1S/C13H12N2OS/c1-9-6-10-4-2-3-5-12(10)15(9)13(16)11-7-17-8-14-11/h2-5,7-9H,6H2,1H3. The van der Waals surface area contributed by atoms with Crippen LogP contribution in [0.5, 0.6) is 0 Å². The zero-order valence-electron chi connectivity index (χ0n) is 9.46. The van der Waals surface area contributed by atoms with Gasteiger partial charge in [-0.15, -0.1) is 11.3 Å². The lowest BCUT2D eigenvalue weighted by molar-refractivity contribution is 0.0977.